The standard InChI is InChI=1S/C13H24N2O3.ClH/c1-13(14)5-3-2-4-11(13)12(17)15-6-7-18-10(8-15)9-16;/h10-11,16H,2-9,14H2,1H3;1H. The highest BCUT2D eigenvalue weighted by Crippen LogP contribution is 2.33. The van der Waals surface area contributed by atoms with E-state index in [1.54, 1.807) is 0 Å². The van der Waals surface area contributed by atoms with Gasteiger partial charge in [-0.25, -0.2) is 0 Å². The monoisotopic (exact) mass is 292 g/mol. The van der Waals surface area contributed by atoms with Crippen LogP contribution < -0.4 is 5.73 Å². The third-order valence-electron chi connectivity index (χ3n) is 4.21. The molecule has 1 aliphatic heterocycles. The van der Waals surface area contributed by atoms with Crippen molar-refractivity contribution < 1.29 is 14.6 Å². The maximum atomic E-state index is 12.5. The number of aliphatic hydroxyl groups excluding tert-OH is 1. The van der Waals surface area contributed by atoms with Crippen LogP contribution >= 0.6 is 12.4 Å². The van der Waals surface area contributed by atoms with Crippen LogP contribution in [-0.4, -0.2) is 53.9 Å². The second-order valence-electron chi connectivity index (χ2n) is 5.76. The number of ether oxygens (including phenoxy) is 1. The Morgan fingerprint density at radius 2 is 2.26 bits per heavy atom. The lowest BCUT2D eigenvalue weighted by Gasteiger charge is -2.41. The Labute approximate surface area is 120 Å². The minimum Gasteiger partial charge on any atom is -0.394 e. The Balaban J connectivity index is 0.00000180. The fourth-order valence-electron chi connectivity index (χ4n) is 3.01. The lowest BCUT2D eigenvalue weighted by molar-refractivity contribution is -0.147. The number of hydrogen-bond acceptors (Lipinski definition) is 4. The van der Waals surface area contributed by atoms with Crippen LogP contribution in [0.1, 0.15) is 32.6 Å². The molecule has 1 amide bonds. The molecule has 3 N–H and O–H groups in total. The third-order valence-corrected chi connectivity index (χ3v) is 4.21. The first-order chi connectivity index (χ1) is 8.54. The summed E-state index contributed by atoms with van der Waals surface area (Å²) in [6, 6.07) is 0. The zero-order chi connectivity index (χ0) is 13.2. The molecule has 19 heavy (non-hydrogen) atoms. The van der Waals surface area contributed by atoms with Gasteiger partial charge < -0.3 is 20.5 Å². The first-order valence-electron chi connectivity index (χ1n) is 6.85. The molecular weight excluding hydrogens is 268 g/mol. The molecule has 112 valence electrons. The molecule has 0 radical (unpaired) electrons. The SMILES string of the molecule is CC1(N)CCCCC1C(=O)N1CCOC(CO)C1.Cl. The van der Waals surface area contributed by atoms with Crippen LogP contribution in [0.4, 0.5) is 0 Å². The van der Waals surface area contributed by atoms with Gasteiger partial charge in [0.2, 0.25) is 5.91 Å². The summed E-state index contributed by atoms with van der Waals surface area (Å²) >= 11 is 0. The molecule has 3 atom stereocenters. The number of halogens is 1. The van der Waals surface area contributed by atoms with Gasteiger partial charge in [-0.1, -0.05) is 12.8 Å². The van der Waals surface area contributed by atoms with Crippen molar-refractivity contribution in [3.63, 3.8) is 0 Å². The maximum Gasteiger partial charge on any atom is 0.227 e. The first kappa shape index (κ1) is 16.7. The van der Waals surface area contributed by atoms with Crippen LogP contribution in [-0.2, 0) is 9.53 Å². The topological polar surface area (TPSA) is 75.8 Å². The van der Waals surface area contributed by atoms with E-state index in [2.05, 4.69) is 0 Å². The fraction of sp³-hybridized carbons (Fsp3) is 0.923. The predicted octanol–water partition coefficient (Wildman–Crippen LogP) is 0.535. The number of morpholine rings is 1. The molecule has 2 aliphatic rings. The number of carbonyl (C=O) groups excluding carboxylic acids is 1. The van der Waals surface area contributed by atoms with Gasteiger partial charge in [0, 0.05) is 18.6 Å². The van der Waals surface area contributed by atoms with Gasteiger partial charge in [0.15, 0.2) is 0 Å². The second-order valence-corrected chi connectivity index (χ2v) is 5.76. The Morgan fingerprint density at radius 3 is 2.89 bits per heavy atom. The predicted molar refractivity (Wildman–Crippen MR) is 75.2 cm³/mol. The normalized spacial score (nSPS) is 35.6. The van der Waals surface area contributed by atoms with Crippen LogP contribution in [0, 0.1) is 5.92 Å². The molecule has 2 fully saturated rings. The zero-order valence-corrected chi connectivity index (χ0v) is 12.3. The van der Waals surface area contributed by atoms with Crippen LogP contribution in [0.15, 0.2) is 0 Å². The molecule has 5 nitrogen and oxygen atoms in total. The van der Waals surface area contributed by atoms with Gasteiger partial charge in [0.25, 0.3) is 0 Å². The highest BCUT2D eigenvalue weighted by Gasteiger charge is 2.40. The van der Waals surface area contributed by atoms with Crippen LogP contribution in [0.5, 0.6) is 0 Å². The van der Waals surface area contributed by atoms with Crippen LogP contribution in [0.25, 0.3) is 0 Å². The van der Waals surface area contributed by atoms with Crippen LogP contribution in [0.3, 0.4) is 0 Å². The smallest absolute Gasteiger partial charge is 0.227 e. The van der Waals surface area contributed by atoms with E-state index in [9.17, 15) is 4.79 Å². The molecule has 1 saturated heterocycles. The minimum atomic E-state index is -0.387. The van der Waals surface area contributed by atoms with E-state index < -0.39 is 0 Å². The van der Waals surface area contributed by atoms with Gasteiger partial charge in [-0.15, -0.1) is 12.4 Å². The summed E-state index contributed by atoms with van der Waals surface area (Å²) in [6.07, 6.45) is 3.75. The van der Waals surface area contributed by atoms with Crippen molar-refractivity contribution in [2.24, 2.45) is 11.7 Å². The van der Waals surface area contributed by atoms with Crippen molar-refractivity contribution in [3.8, 4) is 0 Å². The Morgan fingerprint density at radius 1 is 1.53 bits per heavy atom. The van der Waals surface area contributed by atoms with E-state index >= 15 is 0 Å². The lowest BCUT2D eigenvalue weighted by atomic mass is 9.74. The quantitative estimate of drug-likeness (QED) is 0.779. The van der Waals surface area contributed by atoms with Crippen molar-refractivity contribution in [1.82, 2.24) is 4.90 Å². The molecular formula is C13H25ClN2O3. The summed E-state index contributed by atoms with van der Waals surface area (Å²) < 4.78 is 5.37. The molecule has 0 bridgehead atoms. The summed E-state index contributed by atoms with van der Waals surface area (Å²) in [4.78, 5) is 14.3. The maximum absolute atomic E-state index is 12.5. The van der Waals surface area contributed by atoms with E-state index in [-0.39, 0.29) is 42.5 Å². The molecule has 0 aromatic carbocycles. The highest BCUT2D eigenvalue weighted by atomic mass is 35.5. The molecule has 0 spiro atoms. The highest BCUT2D eigenvalue weighted by molar-refractivity contribution is 5.85. The van der Waals surface area contributed by atoms with Crippen LogP contribution in [0.2, 0.25) is 0 Å². The number of carbonyl (C=O) groups is 1. The molecule has 1 aliphatic carbocycles. The van der Waals surface area contributed by atoms with Gasteiger partial charge >= 0.3 is 0 Å². The Bertz CT molecular complexity index is 312. The summed E-state index contributed by atoms with van der Waals surface area (Å²) in [5.74, 6) is 0.0603. The van der Waals surface area contributed by atoms with Gasteiger partial charge in [-0.05, 0) is 19.8 Å². The average molecular weight is 293 g/mol. The van der Waals surface area contributed by atoms with Gasteiger partial charge in [0.1, 0.15) is 0 Å². The van der Waals surface area contributed by atoms with E-state index in [4.69, 9.17) is 15.6 Å². The lowest BCUT2D eigenvalue weighted by Crippen LogP contribution is -2.56. The second kappa shape index (κ2) is 6.88. The van der Waals surface area contributed by atoms with E-state index in [1.807, 2.05) is 11.8 Å². The number of aliphatic hydroxyl groups is 1. The van der Waals surface area contributed by atoms with Crippen molar-refractivity contribution in [3.05, 3.63) is 0 Å². The largest absolute Gasteiger partial charge is 0.394 e. The zero-order valence-electron chi connectivity index (χ0n) is 11.5. The number of rotatable bonds is 2. The summed E-state index contributed by atoms with van der Waals surface area (Å²) in [5, 5.41) is 9.12. The molecule has 1 heterocycles. The first-order valence-corrected chi connectivity index (χ1v) is 6.85. The number of hydrogen-bond donors (Lipinski definition) is 2. The van der Waals surface area contributed by atoms with Gasteiger partial charge in [-0.2, -0.15) is 0 Å². The number of amides is 1. The van der Waals surface area contributed by atoms with Gasteiger partial charge in [0.05, 0.1) is 25.2 Å². The van der Waals surface area contributed by atoms with E-state index in [1.165, 1.54) is 0 Å². The number of nitrogens with zero attached hydrogens (tertiary/aromatic N) is 1. The van der Waals surface area contributed by atoms with Crippen molar-refractivity contribution in [1.29, 1.82) is 0 Å². The van der Waals surface area contributed by atoms with E-state index in [0.29, 0.717) is 19.7 Å². The summed E-state index contributed by atoms with van der Waals surface area (Å²) in [6.45, 7) is 3.56. The molecule has 3 unspecified atom stereocenters. The minimum absolute atomic E-state index is 0. The Kier molecular flexibility index (Phi) is 6.05. The molecule has 0 aromatic heterocycles. The molecule has 1 saturated carbocycles. The third kappa shape index (κ3) is 3.81. The summed E-state index contributed by atoms with van der Waals surface area (Å²) in [5.41, 5.74) is 5.88. The summed E-state index contributed by atoms with van der Waals surface area (Å²) in [7, 11) is 0. The van der Waals surface area contributed by atoms with Gasteiger partial charge in [-0.3, -0.25) is 4.79 Å². The molecule has 6 heteroatoms. The number of nitrogens with two attached hydrogens (primary N) is 1. The Hall–Kier alpha value is -0.360. The molecule has 2 rings (SSSR count). The van der Waals surface area contributed by atoms with Crippen molar-refractivity contribution >= 4 is 18.3 Å². The van der Waals surface area contributed by atoms with Crippen molar-refractivity contribution in [2.45, 2.75) is 44.2 Å². The average Bonchev–Trinajstić information content (AvgIpc) is 2.37. The van der Waals surface area contributed by atoms with Crippen molar-refractivity contribution in [2.75, 3.05) is 26.3 Å². The van der Waals surface area contributed by atoms with E-state index in [0.717, 1.165) is 25.7 Å². The fourth-order valence-corrected chi connectivity index (χ4v) is 3.01. The molecule has 0 aromatic rings.